The third-order valence-electron chi connectivity index (χ3n) is 2.00. The third-order valence-corrected chi connectivity index (χ3v) is 2.41. The lowest BCUT2D eigenvalue weighted by atomic mass is 10.1. The SMILES string of the molecule is Cc1c(Cl)cccc1-c1cc[c]o1. The van der Waals surface area contributed by atoms with Crippen LogP contribution in [0.4, 0.5) is 0 Å². The highest BCUT2D eigenvalue weighted by atomic mass is 35.5. The molecule has 13 heavy (non-hydrogen) atoms. The maximum Gasteiger partial charge on any atom is 0.170 e. The molecular weight excluding hydrogens is 184 g/mol. The van der Waals surface area contributed by atoms with Crippen LogP contribution in [0.2, 0.25) is 5.02 Å². The fraction of sp³-hybridized carbons (Fsp3) is 0.0909. The number of benzene rings is 1. The monoisotopic (exact) mass is 191 g/mol. The van der Waals surface area contributed by atoms with E-state index in [4.69, 9.17) is 16.0 Å². The molecule has 0 fully saturated rings. The Balaban J connectivity index is 2.59. The van der Waals surface area contributed by atoms with Crippen LogP contribution in [0.1, 0.15) is 5.56 Å². The average molecular weight is 192 g/mol. The second-order valence-corrected chi connectivity index (χ2v) is 3.24. The van der Waals surface area contributed by atoms with Crippen LogP contribution in [0, 0.1) is 13.2 Å². The van der Waals surface area contributed by atoms with E-state index in [9.17, 15) is 0 Å². The van der Waals surface area contributed by atoms with Gasteiger partial charge >= 0.3 is 0 Å². The van der Waals surface area contributed by atoms with Gasteiger partial charge in [0.05, 0.1) is 0 Å². The van der Waals surface area contributed by atoms with Crippen molar-refractivity contribution in [3.63, 3.8) is 0 Å². The van der Waals surface area contributed by atoms with E-state index in [-0.39, 0.29) is 0 Å². The number of hydrogen-bond acceptors (Lipinski definition) is 1. The van der Waals surface area contributed by atoms with Gasteiger partial charge in [-0.25, -0.2) is 0 Å². The first-order valence-electron chi connectivity index (χ1n) is 4.00. The molecule has 65 valence electrons. The molecule has 1 aromatic heterocycles. The summed E-state index contributed by atoms with van der Waals surface area (Å²) in [4.78, 5) is 0. The molecule has 0 bridgehead atoms. The predicted molar refractivity (Wildman–Crippen MR) is 52.7 cm³/mol. The average Bonchev–Trinajstić information content (AvgIpc) is 2.62. The molecule has 0 aliphatic rings. The molecule has 0 aliphatic heterocycles. The van der Waals surface area contributed by atoms with Crippen LogP contribution in [-0.4, -0.2) is 0 Å². The standard InChI is InChI=1S/C11H8ClO/c1-8-9(4-2-5-10(8)12)11-6-3-7-13-11/h2-6H,1H3. The van der Waals surface area contributed by atoms with Crippen LogP contribution in [0.25, 0.3) is 11.3 Å². The zero-order chi connectivity index (χ0) is 9.26. The van der Waals surface area contributed by atoms with Gasteiger partial charge in [0, 0.05) is 10.6 Å². The van der Waals surface area contributed by atoms with Crippen LogP contribution in [0.15, 0.2) is 34.7 Å². The zero-order valence-corrected chi connectivity index (χ0v) is 7.93. The summed E-state index contributed by atoms with van der Waals surface area (Å²) in [6.07, 6.45) is 2.66. The quantitative estimate of drug-likeness (QED) is 0.670. The third kappa shape index (κ3) is 1.47. The summed E-state index contributed by atoms with van der Waals surface area (Å²) in [5.74, 6) is 0.806. The fourth-order valence-corrected chi connectivity index (χ4v) is 1.43. The molecule has 0 amide bonds. The Morgan fingerprint density at radius 1 is 1.31 bits per heavy atom. The first-order valence-corrected chi connectivity index (χ1v) is 4.38. The summed E-state index contributed by atoms with van der Waals surface area (Å²) in [6, 6.07) is 9.38. The molecule has 0 saturated heterocycles. The first kappa shape index (κ1) is 8.39. The largest absolute Gasteiger partial charge is 0.453 e. The lowest BCUT2D eigenvalue weighted by molar-refractivity contribution is 0.573. The second-order valence-electron chi connectivity index (χ2n) is 2.83. The summed E-state index contributed by atoms with van der Waals surface area (Å²) in [6.45, 7) is 1.97. The summed E-state index contributed by atoms with van der Waals surface area (Å²) in [5.41, 5.74) is 2.06. The summed E-state index contributed by atoms with van der Waals surface area (Å²) >= 11 is 5.98. The lowest BCUT2D eigenvalue weighted by Gasteiger charge is -2.03. The van der Waals surface area contributed by atoms with Crippen molar-refractivity contribution < 1.29 is 4.42 Å². The van der Waals surface area contributed by atoms with Gasteiger partial charge in [0.2, 0.25) is 0 Å². The van der Waals surface area contributed by atoms with Crippen LogP contribution in [-0.2, 0) is 0 Å². The molecule has 1 nitrogen and oxygen atoms in total. The normalized spacial score (nSPS) is 10.3. The topological polar surface area (TPSA) is 13.1 Å². The predicted octanol–water partition coefficient (Wildman–Crippen LogP) is 3.71. The van der Waals surface area contributed by atoms with Gasteiger partial charge in [-0.15, -0.1) is 0 Å². The molecule has 0 N–H and O–H groups in total. The molecule has 2 aromatic rings. The minimum Gasteiger partial charge on any atom is -0.453 e. The van der Waals surface area contributed by atoms with Crippen LogP contribution in [0.3, 0.4) is 0 Å². The van der Waals surface area contributed by atoms with Crippen LogP contribution in [0.5, 0.6) is 0 Å². The van der Waals surface area contributed by atoms with Crippen molar-refractivity contribution >= 4 is 11.6 Å². The van der Waals surface area contributed by atoms with Gasteiger partial charge in [0.1, 0.15) is 5.76 Å². The Labute approximate surface area is 82.0 Å². The molecule has 0 saturated carbocycles. The first-order chi connectivity index (χ1) is 6.29. The van der Waals surface area contributed by atoms with E-state index < -0.39 is 0 Å². The van der Waals surface area contributed by atoms with E-state index in [1.165, 1.54) is 0 Å². The highest BCUT2D eigenvalue weighted by Gasteiger charge is 2.06. The Hall–Kier alpha value is -1.21. The number of hydrogen-bond donors (Lipinski definition) is 0. The molecule has 2 heteroatoms. The minimum atomic E-state index is 0.758. The van der Waals surface area contributed by atoms with E-state index in [1.807, 2.05) is 31.2 Å². The van der Waals surface area contributed by atoms with E-state index in [1.54, 1.807) is 6.07 Å². The number of rotatable bonds is 1. The molecule has 0 unspecified atom stereocenters. The summed E-state index contributed by atoms with van der Waals surface area (Å²) in [7, 11) is 0. The Kier molecular flexibility index (Phi) is 2.11. The van der Waals surface area contributed by atoms with Crippen molar-refractivity contribution in [1.82, 2.24) is 0 Å². The van der Waals surface area contributed by atoms with E-state index in [0.29, 0.717) is 0 Å². The molecular formula is C11H8ClO. The van der Waals surface area contributed by atoms with Crippen molar-refractivity contribution in [2.24, 2.45) is 0 Å². The number of halogens is 1. The maximum atomic E-state index is 5.98. The lowest BCUT2D eigenvalue weighted by Crippen LogP contribution is -1.81. The second kappa shape index (κ2) is 3.27. The van der Waals surface area contributed by atoms with Gasteiger partial charge in [-0.2, -0.15) is 0 Å². The minimum absolute atomic E-state index is 0.758. The highest BCUT2D eigenvalue weighted by molar-refractivity contribution is 6.31. The van der Waals surface area contributed by atoms with E-state index >= 15 is 0 Å². The number of furan rings is 1. The van der Waals surface area contributed by atoms with Crippen molar-refractivity contribution in [3.05, 3.63) is 47.2 Å². The Bertz CT molecular complexity index is 404. The summed E-state index contributed by atoms with van der Waals surface area (Å²) < 4.78 is 5.17. The van der Waals surface area contributed by atoms with E-state index in [2.05, 4.69) is 6.26 Å². The molecule has 0 atom stereocenters. The van der Waals surface area contributed by atoms with Gasteiger partial charge in [-0.3, -0.25) is 0 Å². The van der Waals surface area contributed by atoms with Gasteiger partial charge in [0.25, 0.3) is 0 Å². The fourth-order valence-electron chi connectivity index (χ4n) is 1.26. The molecule has 2 rings (SSSR count). The van der Waals surface area contributed by atoms with Crippen molar-refractivity contribution in [2.45, 2.75) is 6.92 Å². The van der Waals surface area contributed by atoms with Crippen LogP contribution >= 0.6 is 11.6 Å². The molecule has 1 aromatic carbocycles. The Morgan fingerprint density at radius 2 is 2.15 bits per heavy atom. The van der Waals surface area contributed by atoms with Crippen molar-refractivity contribution in [2.75, 3.05) is 0 Å². The zero-order valence-electron chi connectivity index (χ0n) is 7.17. The van der Waals surface area contributed by atoms with Gasteiger partial charge in [-0.1, -0.05) is 23.7 Å². The molecule has 1 radical (unpaired) electrons. The molecule has 1 heterocycles. The van der Waals surface area contributed by atoms with Gasteiger partial charge < -0.3 is 4.42 Å². The Morgan fingerprint density at radius 3 is 2.85 bits per heavy atom. The highest BCUT2D eigenvalue weighted by Crippen LogP contribution is 2.28. The van der Waals surface area contributed by atoms with Crippen molar-refractivity contribution in [3.8, 4) is 11.3 Å². The van der Waals surface area contributed by atoms with E-state index in [0.717, 1.165) is 21.9 Å². The molecule has 0 spiro atoms. The van der Waals surface area contributed by atoms with Crippen molar-refractivity contribution in [1.29, 1.82) is 0 Å². The molecule has 0 aliphatic carbocycles. The maximum absolute atomic E-state index is 5.98. The van der Waals surface area contributed by atoms with Crippen LogP contribution < -0.4 is 0 Å². The van der Waals surface area contributed by atoms with Gasteiger partial charge in [0.15, 0.2) is 6.26 Å². The summed E-state index contributed by atoms with van der Waals surface area (Å²) in [5, 5.41) is 0.758. The van der Waals surface area contributed by atoms with Gasteiger partial charge in [-0.05, 0) is 30.7 Å². The smallest absolute Gasteiger partial charge is 0.170 e.